The molecule has 0 aliphatic rings. The molecule has 0 aliphatic carbocycles. The summed E-state index contributed by atoms with van der Waals surface area (Å²) >= 11 is 0. The van der Waals surface area contributed by atoms with E-state index in [2.05, 4.69) is 5.32 Å². The lowest BCUT2D eigenvalue weighted by atomic mass is 10.2. The van der Waals surface area contributed by atoms with Crippen molar-refractivity contribution in [3.63, 3.8) is 0 Å². The van der Waals surface area contributed by atoms with Crippen molar-refractivity contribution < 1.29 is 9.50 Å². The molecule has 0 atom stereocenters. The van der Waals surface area contributed by atoms with Crippen molar-refractivity contribution in [3.8, 4) is 5.75 Å². The van der Waals surface area contributed by atoms with E-state index in [-0.39, 0.29) is 11.6 Å². The van der Waals surface area contributed by atoms with Gasteiger partial charge in [0.25, 0.3) is 0 Å². The van der Waals surface area contributed by atoms with E-state index >= 15 is 0 Å². The smallest absolute Gasteiger partial charge is 0.127 e. The van der Waals surface area contributed by atoms with Crippen LogP contribution in [0.25, 0.3) is 0 Å². The molecule has 0 spiro atoms. The molecule has 0 radical (unpaired) electrons. The number of benzene rings is 2. The summed E-state index contributed by atoms with van der Waals surface area (Å²) in [5, 5.41) is 12.3. The average molecular weight is 231 g/mol. The first-order chi connectivity index (χ1) is 8.25. The Balaban J connectivity index is 1.88. The fourth-order valence-corrected chi connectivity index (χ4v) is 1.60. The number of aromatic hydroxyl groups is 1. The Morgan fingerprint density at radius 3 is 2.35 bits per heavy atom. The van der Waals surface area contributed by atoms with Crippen LogP contribution >= 0.6 is 0 Å². The first-order valence-corrected chi connectivity index (χ1v) is 5.48. The topological polar surface area (TPSA) is 32.3 Å². The standard InChI is InChI=1S/C14H14FNO/c15-14-4-2-1-3-12(14)10-16-9-11-5-7-13(17)8-6-11/h1-8,16-17H,9-10H2. The van der Waals surface area contributed by atoms with Gasteiger partial charge in [0.05, 0.1) is 0 Å². The van der Waals surface area contributed by atoms with E-state index in [1.165, 1.54) is 6.07 Å². The van der Waals surface area contributed by atoms with Crippen LogP contribution in [0.5, 0.6) is 5.75 Å². The molecular weight excluding hydrogens is 217 g/mol. The maximum absolute atomic E-state index is 13.3. The van der Waals surface area contributed by atoms with Crippen molar-refractivity contribution in [1.82, 2.24) is 5.32 Å². The molecule has 17 heavy (non-hydrogen) atoms. The molecule has 0 saturated carbocycles. The van der Waals surface area contributed by atoms with E-state index in [1.807, 2.05) is 18.2 Å². The van der Waals surface area contributed by atoms with Gasteiger partial charge in [-0.1, -0.05) is 30.3 Å². The number of halogens is 1. The van der Waals surface area contributed by atoms with Gasteiger partial charge in [-0.3, -0.25) is 0 Å². The summed E-state index contributed by atoms with van der Waals surface area (Å²) in [5.41, 5.74) is 1.71. The molecule has 0 fully saturated rings. The van der Waals surface area contributed by atoms with Crippen molar-refractivity contribution in [1.29, 1.82) is 0 Å². The lowest BCUT2D eigenvalue weighted by Crippen LogP contribution is -2.13. The number of rotatable bonds is 4. The third-order valence-corrected chi connectivity index (χ3v) is 2.54. The van der Waals surface area contributed by atoms with Crippen LogP contribution in [-0.2, 0) is 13.1 Å². The van der Waals surface area contributed by atoms with Gasteiger partial charge in [-0.15, -0.1) is 0 Å². The molecule has 2 rings (SSSR count). The molecule has 3 heteroatoms. The van der Waals surface area contributed by atoms with E-state index in [0.29, 0.717) is 18.7 Å². The summed E-state index contributed by atoms with van der Waals surface area (Å²) < 4.78 is 13.3. The third-order valence-electron chi connectivity index (χ3n) is 2.54. The molecule has 0 aliphatic heterocycles. The van der Waals surface area contributed by atoms with Gasteiger partial charge < -0.3 is 10.4 Å². The first kappa shape index (κ1) is 11.6. The molecule has 2 N–H and O–H groups in total. The summed E-state index contributed by atoms with van der Waals surface area (Å²) in [5.74, 6) is 0.0635. The highest BCUT2D eigenvalue weighted by Gasteiger charge is 1.99. The second-order valence-corrected chi connectivity index (χ2v) is 3.86. The van der Waals surface area contributed by atoms with Crippen LogP contribution in [0.3, 0.4) is 0 Å². The maximum Gasteiger partial charge on any atom is 0.127 e. The van der Waals surface area contributed by atoms with Crippen LogP contribution in [0.2, 0.25) is 0 Å². The van der Waals surface area contributed by atoms with Gasteiger partial charge in [-0.25, -0.2) is 4.39 Å². The molecule has 0 aromatic heterocycles. The minimum Gasteiger partial charge on any atom is -0.508 e. The Hall–Kier alpha value is -1.87. The Bertz CT molecular complexity index is 482. The van der Waals surface area contributed by atoms with Crippen molar-refractivity contribution in [3.05, 3.63) is 65.5 Å². The Kier molecular flexibility index (Phi) is 3.73. The van der Waals surface area contributed by atoms with Gasteiger partial charge in [-0.05, 0) is 23.8 Å². The van der Waals surface area contributed by atoms with E-state index in [1.54, 1.807) is 24.3 Å². The van der Waals surface area contributed by atoms with Crippen molar-refractivity contribution >= 4 is 0 Å². The number of hydrogen-bond acceptors (Lipinski definition) is 2. The molecule has 2 nitrogen and oxygen atoms in total. The van der Waals surface area contributed by atoms with Crippen LogP contribution in [0.1, 0.15) is 11.1 Å². The number of phenols is 1. The molecule has 2 aromatic rings. The van der Waals surface area contributed by atoms with Crippen LogP contribution in [0.4, 0.5) is 4.39 Å². The molecule has 0 amide bonds. The second-order valence-electron chi connectivity index (χ2n) is 3.86. The minimum atomic E-state index is -0.189. The van der Waals surface area contributed by atoms with Gasteiger partial charge in [-0.2, -0.15) is 0 Å². The highest BCUT2D eigenvalue weighted by molar-refractivity contribution is 5.26. The average Bonchev–Trinajstić information content (AvgIpc) is 2.34. The highest BCUT2D eigenvalue weighted by Crippen LogP contribution is 2.10. The molecule has 0 heterocycles. The second kappa shape index (κ2) is 5.46. The van der Waals surface area contributed by atoms with E-state index in [4.69, 9.17) is 5.11 Å². The lowest BCUT2D eigenvalue weighted by molar-refractivity contribution is 0.475. The Morgan fingerprint density at radius 1 is 0.941 bits per heavy atom. The summed E-state index contributed by atoms with van der Waals surface area (Å²) in [4.78, 5) is 0. The predicted octanol–water partition coefficient (Wildman–Crippen LogP) is 2.82. The van der Waals surface area contributed by atoms with Crippen LogP contribution in [-0.4, -0.2) is 5.11 Å². The summed E-state index contributed by atoms with van der Waals surface area (Å²) in [6, 6.07) is 13.7. The third kappa shape index (κ3) is 3.29. The zero-order valence-corrected chi connectivity index (χ0v) is 9.36. The van der Waals surface area contributed by atoms with Crippen molar-refractivity contribution in [2.24, 2.45) is 0 Å². The predicted molar refractivity (Wildman–Crippen MR) is 65.1 cm³/mol. The fraction of sp³-hybridized carbons (Fsp3) is 0.143. The Morgan fingerprint density at radius 2 is 1.65 bits per heavy atom. The number of nitrogens with one attached hydrogen (secondary N) is 1. The summed E-state index contributed by atoms with van der Waals surface area (Å²) in [6.45, 7) is 1.14. The molecular formula is C14H14FNO. The Labute approximate surface area is 99.7 Å². The highest BCUT2D eigenvalue weighted by atomic mass is 19.1. The van der Waals surface area contributed by atoms with Gasteiger partial charge in [0, 0.05) is 18.7 Å². The monoisotopic (exact) mass is 231 g/mol. The van der Waals surface area contributed by atoms with Crippen LogP contribution in [0, 0.1) is 5.82 Å². The van der Waals surface area contributed by atoms with E-state index in [9.17, 15) is 4.39 Å². The first-order valence-electron chi connectivity index (χ1n) is 5.48. The minimum absolute atomic E-state index is 0.189. The van der Waals surface area contributed by atoms with Crippen molar-refractivity contribution in [2.45, 2.75) is 13.1 Å². The normalized spacial score (nSPS) is 10.4. The number of phenolic OH excluding ortho intramolecular Hbond substituents is 1. The van der Waals surface area contributed by atoms with Crippen LogP contribution < -0.4 is 5.32 Å². The van der Waals surface area contributed by atoms with E-state index in [0.717, 1.165) is 5.56 Å². The van der Waals surface area contributed by atoms with Gasteiger partial charge in [0.15, 0.2) is 0 Å². The van der Waals surface area contributed by atoms with Gasteiger partial charge in [0.1, 0.15) is 11.6 Å². The van der Waals surface area contributed by atoms with Crippen LogP contribution in [0.15, 0.2) is 48.5 Å². The maximum atomic E-state index is 13.3. The quantitative estimate of drug-likeness (QED) is 0.848. The summed E-state index contributed by atoms with van der Waals surface area (Å²) in [7, 11) is 0. The molecule has 88 valence electrons. The summed E-state index contributed by atoms with van der Waals surface area (Å²) in [6.07, 6.45) is 0. The van der Waals surface area contributed by atoms with Gasteiger partial charge in [0.2, 0.25) is 0 Å². The molecule has 2 aromatic carbocycles. The lowest BCUT2D eigenvalue weighted by Gasteiger charge is -2.06. The zero-order chi connectivity index (χ0) is 12.1. The fourth-order valence-electron chi connectivity index (χ4n) is 1.60. The number of hydrogen-bond donors (Lipinski definition) is 2. The molecule has 0 saturated heterocycles. The van der Waals surface area contributed by atoms with Gasteiger partial charge >= 0.3 is 0 Å². The molecule has 0 bridgehead atoms. The van der Waals surface area contributed by atoms with E-state index < -0.39 is 0 Å². The molecule has 0 unspecified atom stereocenters. The zero-order valence-electron chi connectivity index (χ0n) is 9.36. The largest absolute Gasteiger partial charge is 0.508 e. The SMILES string of the molecule is Oc1ccc(CNCc2ccccc2F)cc1. The van der Waals surface area contributed by atoms with Crippen molar-refractivity contribution in [2.75, 3.05) is 0 Å².